The average molecular weight is 321 g/mol. The number of ether oxygens (including phenoxy) is 1. The fourth-order valence-electron chi connectivity index (χ4n) is 1.55. The van der Waals surface area contributed by atoms with Crippen LogP contribution in [0.3, 0.4) is 0 Å². The second-order valence-corrected chi connectivity index (χ2v) is 4.72. The molecule has 0 aliphatic rings. The minimum Gasteiger partial charge on any atom is -0.454 e. The van der Waals surface area contributed by atoms with Crippen molar-refractivity contribution in [2.75, 3.05) is 12.8 Å². The van der Waals surface area contributed by atoms with Crippen LogP contribution in [0.15, 0.2) is 46.9 Å². The van der Waals surface area contributed by atoms with Gasteiger partial charge >= 0.3 is 0 Å². The van der Waals surface area contributed by atoms with Crippen molar-refractivity contribution in [3.05, 3.63) is 52.5 Å². The van der Waals surface area contributed by atoms with Crippen LogP contribution < -0.4 is 15.8 Å². The molecular weight excluding hydrogens is 308 g/mol. The maximum Gasteiger partial charge on any atom is 0.251 e. The number of benzene rings is 2. The van der Waals surface area contributed by atoms with Gasteiger partial charge in [0.15, 0.2) is 5.75 Å². The predicted octanol–water partition coefficient (Wildman–Crippen LogP) is 3.18. The van der Waals surface area contributed by atoms with Crippen LogP contribution in [0.25, 0.3) is 0 Å². The van der Waals surface area contributed by atoms with E-state index in [1.54, 1.807) is 25.2 Å². The fourth-order valence-corrected chi connectivity index (χ4v) is 1.92. The normalized spacial score (nSPS) is 10.0. The Morgan fingerprint density at radius 2 is 1.95 bits per heavy atom. The summed E-state index contributed by atoms with van der Waals surface area (Å²) in [6.45, 7) is 0. The summed E-state index contributed by atoms with van der Waals surface area (Å²) in [6, 6.07) is 12.4. The van der Waals surface area contributed by atoms with Gasteiger partial charge in [-0.3, -0.25) is 4.79 Å². The maximum absolute atomic E-state index is 11.6. The molecule has 4 nitrogen and oxygen atoms in total. The van der Waals surface area contributed by atoms with Gasteiger partial charge in [0.2, 0.25) is 0 Å². The van der Waals surface area contributed by atoms with Crippen molar-refractivity contribution >= 4 is 27.5 Å². The molecule has 0 bridgehead atoms. The molecule has 0 radical (unpaired) electrons. The maximum atomic E-state index is 11.6. The van der Waals surface area contributed by atoms with Gasteiger partial charge in [-0.25, -0.2) is 0 Å². The van der Waals surface area contributed by atoms with Crippen LogP contribution in [-0.2, 0) is 0 Å². The number of carbonyl (C=O) groups is 1. The van der Waals surface area contributed by atoms with Crippen molar-refractivity contribution in [2.24, 2.45) is 0 Å². The molecule has 0 spiro atoms. The molecule has 0 aliphatic heterocycles. The molecule has 0 unspecified atom stereocenters. The van der Waals surface area contributed by atoms with Crippen molar-refractivity contribution in [3.63, 3.8) is 0 Å². The van der Waals surface area contributed by atoms with Gasteiger partial charge < -0.3 is 15.8 Å². The number of hydrogen-bond acceptors (Lipinski definition) is 3. The number of para-hydroxylation sites is 1. The molecule has 0 aliphatic carbocycles. The number of hydrogen-bond donors (Lipinski definition) is 2. The fraction of sp³-hybridized carbons (Fsp3) is 0.0714. The quantitative estimate of drug-likeness (QED) is 0.854. The average Bonchev–Trinajstić information content (AvgIpc) is 2.42. The molecule has 2 rings (SSSR count). The molecule has 98 valence electrons. The summed E-state index contributed by atoms with van der Waals surface area (Å²) in [7, 11) is 1.58. The summed E-state index contributed by atoms with van der Waals surface area (Å²) in [5.74, 6) is 0.910. The lowest BCUT2D eigenvalue weighted by Gasteiger charge is -2.11. The first kappa shape index (κ1) is 13.4. The van der Waals surface area contributed by atoms with Crippen LogP contribution in [0.2, 0.25) is 0 Å². The van der Waals surface area contributed by atoms with E-state index in [9.17, 15) is 4.79 Å². The van der Waals surface area contributed by atoms with Crippen LogP contribution in [0.4, 0.5) is 5.69 Å². The summed E-state index contributed by atoms with van der Waals surface area (Å²) in [5, 5.41) is 2.56. The van der Waals surface area contributed by atoms with Crippen molar-refractivity contribution < 1.29 is 9.53 Å². The Kier molecular flexibility index (Phi) is 4.06. The molecule has 3 N–H and O–H groups in total. The summed E-state index contributed by atoms with van der Waals surface area (Å²) in [6.07, 6.45) is 0. The van der Waals surface area contributed by atoms with Gasteiger partial charge in [-0.05, 0) is 46.3 Å². The first-order valence-corrected chi connectivity index (χ1v) is 6.45. The summed E-state index contributed by atoms with van der Waals surface area (Å²) < 4.78 is 6.54. The second kappa shape index (κ2) is 5.75. The summed E-state index contributed by atoms with van der Waals surface area (Å²) >= 11 is 3.39. The van der Waals surface area contributed by atoms with E-state index in [1.165, 1.54) is 0 Å². The third kappa shape index (κ3) is 3.06. The minimum atomic E-state index is -0.183. The number of nitrogen functional groups attached to an aromatic ring is 1. The van der Waals surface area contributed by atoms with Crippen LogP contribution in [0.1, 0.15) is 10.4 Å². The molecule has 2 aromatic rings. The first-order valence-electron chi connectivity index (χ1n) is 5.66. The van der Waals surface area contributed by atoms with Gasteiger partial charge in [-0.15, -0.1) is 0 Å². The number of amides is 1. The van der Waals surface area contributed by atoms with E-state index < -0.39 is 0 Å². The Morgan fingerprint density at radius 1 is 1.21 bits per heavy atom. The molecule has 0 heterocycles. The third-order valence-corrected chi connectivity index (χ3v) is 3.21. The Bertz CT molecular complexity index is 614. The highest BCUT2D eigenvalue weighted by molar-refractivity contribution is 9.10. The lowest BCUT2D eigenvalue weighted by Crippen LogP contribution is -2.17. The van der Waals surface area contributed by atoms with Gasteiger partial charge in [-0.1, -0.05) is 12.1 Å². The van der Waals surface area contributed by atoms with E-state index in [1.807, 2.05) is 24.3 Å². The molecule has 2 aromatic carbocycles. The van der Waals surface area contributed by atoms with Crippen LogP contribution >= 0.6 is 15.9 Å². The van der Waals surface area contributed by atoms with E-state index in [2.05, 4.69) is 21.2 Å². The molecule has 1 amide bonds. The standard InChI is InChI=1S/C14H13BrN2O2/c1-17-14(18)9-6-7-11(16)13(8-9)19-12-5-3-2-4-10(12)15/h2-8H,16H2,1H3,(H,17,18). The lowest BCUT2D eigenvalue weighted by atomic mass is 10.2. The zero-order valence-electron chi connectivity index (χ0n) is 10.3. The minimum absolute atomic E-state index is 0.183. The molecule has 5 heteroatoms. The van der Waals surface area contributed by atoms with E-state index in [4.69, 9.17) is 10.5 Å². The van der Waals surface area contributed by atoms with Gasteiger partial charge in [0.1, 0.15) is 5.75 Å². The topological polar surface area (TPSA) is 64.4 Å². The van der Waals surface area contributed by atoms with Crippen LogP contribution in [-0.4, -0.2) is 13.0 Å². The Balaban J connectivity index is 2.34. The molecule has 0 fully saturated rings. The van der Waals surface area contributed by atoms with Gasteiger partial charge in [0.05, 0.1) is 10.2 Å². The van der Waals surface area contributed by atoms with Crippen molar-refractivity contribution in [1.29, 1.82) is 0 Å². The Labute approximate surface area is 119 Å². The zero-order valence-corrected chi connectivity index (χ0v) is 11.9. The molecule has 0 saturated carbocycles. The smallest absolute Gasteiger partial charge is 0.251 e. The highest BCUT2D eigenvalue weighted by Crippen LogP contribution is 2.32. The number of nitrogens with one attached hydrogen (secondary N) is 1. The lowest BCUT2D eigenvalue weighted by molar-refractivity contribution is 0.0963. The van der Waals surface area contributed by atoms with Crippen LogP contribution in [0.5, 0.6) is 11.5 Å². The van der Waals surface area contributed by atoms with E-state index in [-0.39, 0.29) is 5.91 Å². The third-order valence-electron chi connectivity index (χ3n) is 2.56. The largest absolute Gasteiger partial charge is 0.454 e. The Hall–Kier alpha value is -2.01. The van der Waals surface area contributed by atoms with Crippen molar-refractivity contribution in [1.82, 2.24) is 5.32 Å². The molecule has 19 heavy (non-hydrogen) atoms. The van der Waals surface area contributed by atoms with Crippen LogP contribution in [0, 0.1) is 0 Å². The number of anilines is 1. The number of halogens is 1. The Morgan fingerprint density at radius 3 is 2.63 bits per heavy atom. The summed E-state index contributed by atoms with van der Waals surface area (Å²) in [5.41, 5.74) is 6.83. The number of nitrogens with two attached hydrogens (primary N) is 1. The predicted molar refractivity (Wildman–Crippen MR) is 78.5 cm³/mol. The highest BCUT2D eigenvalue weighted by atomic mass is 79.9. The second-order valence-electron chi connectivity index (χ2n) is 3.86. The number of rotatable bonds is 3. The summed E-state index contributed by atoms with van der Waals surface area (Å²) in [4.78, 5) is 11.6. The first-order chi connectivity index (χ1) is 9.11. The molecule has 0 saturated heterocycles. The van der Waals surface area contributed by atoms with E-state index in [0.717, 1.165) is 4.47 Å². The molecule has 0 aromatic heterocycles. The zero-order chi connectivity index (χ0) is 13.8. The van der Waals surface area contributed by atoms with Gasteiger partial charge in [0, 0.05) is 12.6 Å². The molecule has 0 atom stereocenters. The van der Waals surface area contributed by atoms with Gasteiger partial charge in [0.25, 0.3) is 5.91 Å². The van der Waals surface area contributed by atoms with E-state index >= 15 is 0 Å². The van der Waals surface area contributed by atoms with Gasteiger partial charge in [-0.2, -0.15) is 0 Å². The number of carbonyl (C=O) groups excluding carboxylic acids is 1. The molecular formula is C14H13BrN2O2. The van der Waals surface area contributed by atoms with E-state index in [0.29, 0.717) is 22.7 Å². The van der Waals surface area contributed by atoms with Crippen molar-refractivity contribution in [2.45, 2.75) is 0 Å². The SMILES string of the molecule is CNC(=O)c1ccc(N)c(Oc2ccccc2Br)c1. The highest BCUT2D eigenvalue weighted by Gasteiger charge is 2.09. The van der Waals surface area contributed by atoms with Crippen molar-refractivity contribution in [3.8, 4) is 11.5 Å². The monoisotopic (exact) mass is 320 g/mol.